The van der Waals surface area contributed by atoms with Crippen LogP contribution in [0, 0.1) is 0 Å². The molecular formula is C13H17ClN3+. The third kappa shape index (κ3) is 3.08. The van der Waals surface area contributed by atoms with Gasteiger partial charge in [0.1, 0.15) is 5.82 Å². The number of nitrogens with two attached hydrogens (primary N) is 1. The van der Waals surface area contributed by atoms with Gasteiger partial charge in [0.15, 0.2) is 0 Å². The standard InChI is InChI=1S/C9H7ClN2.C4H9N/c10-7-2-1-6-3-4-12-9(11)8(6)5-7;5-4-2-1-3-4/h1-5H,(H2,11,12);4H,1-3,5H2/p+1. The van der Waals surface area contributed by atoms with Gasteiger partial charge in [0.25, 0.3) is 0 Å². The number of halogens is 1. The molecule has 1 aromatic carbocycles. The Balaban J connectivity index is 0.000000181. The van der Waals surface area contributed by atoms with Gasteiger partial charge in [-0.3, -0.25) is 0 Å². The molecule has 2 aromatic rings. The van der Waals surface area contributed by atoms with Crippen molar-refractivity contribution in [3.05, 3.63) is 35.5 Å². The van der Waals surface area contributed by atoms with E-state index in [9.17, 15) is 0 Å². The number of anilines is 1. The third-order valence-corrected chi connectivity index (χ3v) is 3.22. The van der Waals surface area contributed by atoms with Crippen LogP contribution in [0.5, 0.6) is 0 Å². The van der Waals surface area contributed by atoms with Crippen LogP contribution in [0.4, 0.5) is 5.82 Å². The highest BCUT2D eigenvalue weighted by atomic mass is 35.5. The Hall–Kier alpha value is -1.32. The van der Waals surface area contributed by atoms with E-state index in [0.717, 1.165) is 16.8 Å². The van der Waals surface area contributed by atoms with E-state index in [-0.39, 0.29) is 0 Å². The Bertz CT molecular complexity index is 509. The minimum Gasteiger partial charge on any atom is -0.383 e. The Labute approximate surface area is 106 Å². The van der Waals surface area contributed by atoms with Gasteiger partial charge in [0.05, 0.1) is 6.04 Å². The van der Waals surface area contributed by atoms with E-state index in [2.05, 4.69) is 10.7 Å². The second-order valence-corrected chi connectivity index (χ2v) is 4.80. The summed E-state index contributed by atoms with van der Waals surface area (Å²) in [4.78, 5) is 3.97. The average Bonchev–Trinajstić information content (AvgIpc) is 2.29. The summed E-state index contributed by atoms with van der Waals surface area (Å²) >= 11 is 5.81. The van der Waals surface area contributed by atoms with Crippen LogP contribution in [-0.4, -0.2) is 11.0 Å². The first kappa shape index (κ1) is 12.1. The molecule has 0 radical (unpaired) electrons. The monoisotopic (exact) mass is 250 g/mol. The number of benzene rings is 1. The Morgan fingerprint density at radius 1 is 1.29 bits per heavy atom. The van der Waals surface area contributed by atoms with Gasteiger partial charge in [0.2, 0.25) is 0 Å². The number of nitrogens with zero attached hydrogens (tertiary/aromatic N) is 1. The fourth-order valence-electron chi connectivity index (χ4n) is 1.66. The Kier molecular flexibility index (Phi) is 3.82. The van der Waals surface area contributed by atoms with Crippen LogP contribution in [0.25, 0.3) is 10.8 Å². The van der Waals surface area contributed by atoms with E-state index in [1.54, 1.807) is 6.20 Å². The van der Waals surface area contributed by atoms with Crippen molar-refractivity contribution in [2.24, 2.45) is 0 Å². The average molecular weight is 251 g/mol. The molecule has 0 atom stereocenters. The molecule has 1 fully saturated rings. The number of nitrogen functional groups attached to an aromatic ring is 1. The molecule has 0 bridgehead atoms. The summed E-state index contributed by atoms with van der Waals surface area (Å²) in [6.07, 6.45) is 5.86. The smallest absolute Gasteiger partial charge is 0.131 e. The summed E-state index contributed by atoms with van der Waals surface area (Å²) in [5, 5.41) is 2.65. The minimum atomic E-state index is 0.523. The highest BCUT2D eigenvalue weighted by Crippen LogP contribution is 2.22. The molecule has 0 aliphatic heterocycles. The van der Waals surface area contributed by atoms with Gasteiger partial charge >= 0.3 is 0 Å². The summed E-state index contributed by atoms with van der Waals surface area (Å²) in [5.41, 5.74) is 9.50. The molecule has 0 saturated heterocycles. The Morgan fingerprint density at radius 3 is 2.59 bits per heavy atom. The predicted octanol–water partition coefficient (Wildman–Crippen LogP) is 2.25. The topological polar surface area (TPSA) is 66.5 Å². The van der Waals surface area contributed by atoms with Crippen molar-refractivity contribution in [3.63, 3.8) is 0 Å². The molecule has 0 unspecified atom stereocenters. The van der Waals surface area contributed by atoms with Crippen molar-refractivity contribution in [2.45, 2.75) is 25.3 Å². The summed E-state index contributed by atoms with van der Waals surface area (Å²) in [6.45, 7) is 0. The lowest BCUT2D eigenvalue weighted by Gasteiger charge is -2.15. The predicted molar refractivity (Wildman–Crippen MR) is 71.7 cm³/mol. The molecule has 4 heteroatoms. The van der Waals surface area contributed by atoms with Crippen LogP contribution in [0.15, 0.2) is 30.5 Å². The molecule has 3 nitrogen and oxygen atoms in total. The van der Waals surface area contributed by atoms with E-state index in [0.29, 0.717) is 10.8 Å². The van der Waals surface area contributed by atoms with Crippen LogP contribution in [0.2, 0.25) is 5.02 Å². The molecular weight excluding hydrogens is 234 g/mol. The van der Waals surface area contributed by atoms with E-state index >= 15 is 0 Å². The van der Waals surface area contributed by atoms with Crippen LogP contribution >= 0.6 is 11.6 Å². The van der Waals surface area contributed by atoms with Crippen LogP contribution in [0.1, 0.15) is 19.3 Å². The molecule has 0 spiro atoms. The number of fused-ring (bicyclic) bond motifs is 1. The highest BCUT2D eigenvalue weighted by Gasteiger charge is 2.14. The molecule has 3 rings (SSSR count). The van der Waals surface area contributed by atoms with Crippen molar-refractivity contribution in [2.75, 3.05) is 5.73 Å². The molecule has 17 heavy (non-hydrogen) atoms. The first-order valence-electron chi connectivity index (χ1n) is 5.79. The summed E-state index contributed by atoms with van der Waals surface area (Å²) in [6, 6.07) is 8.30. The SMILES string of the molecule is Nc1nccc2ccc(Cl)cc12.[NH3+]C1CCC1. The molecule has 1 heterocycles. The number of pyridine rings is 1. The molecule has 1 saturated carbocycles. The van der Waals surface area contributed by atoms with Gasteiger partial charge in [-0.2, -0.15) is 0 Å². The van der Waals surface area contributed by atoms with Crippen molar-refractivity contribution in [1.29, 1.82) is 0 Å². The van der Waals surface area contributed by atoms with Crippen molar-refractivity contribution in [3.8, 4) is 0 Å². The van der Waals surface area contributed by atoms with Crippen LogP contribution in [0.3, 0.4) is 0 Å². The van der Waals surface area contributed by atoms with Gasteiger partial charge in [-0.05, 0) is 42.8 Å². The number of hydrogen-bond donors (Lipinski definition) is 2. The molecule has 1 aliphatic rings. The fourth-order valence-corrected chi connectivity index (χ4v) is 1.83. The maximum atomic E-state index is 5.81. The van der Waals surface area contributed by atoms with Gasteiger partial charge in [0, 0.05) is 16.6 Å². The van der Waals surface area contributed by atoms with Crippen molar-refractivity contribution >= 4 is 28.2 Å². The number of quaternary nitrogens is 1. The number of rotatable bonds is 0. The maximum Gasteiger partial charge on any atom is 0.131 e. The minimum absolute atomic E-state index is 0.523. The van der Waals surface area contributed by atoms with Gasteiger partial charge in [-0.1, -0.05) is 17.7 Å². The first-order chi connectivity index (χ1) is 8.16. The molecule has 1 aliphatic carbocycles. The van der Waals surface area contributed by atoms with Crippen molar-refractivity contribution < 1.29 is 5.73 Å². The van der Waals surface area contributed by atoms with Crippen LogP contribution < -0.4 is 11.5 Å². The largest absolute Gasteiger partial charge is 0.383 e. The zero-order valence-corrected chi connectivity index (χ0v) is 10.5. The molecule has 90 valence electrons. The Morgan fingerprint density at radius 2 is 2.00 bits per heavy atom. The van der Waals surface area contributed by atoms with Gasteiger partial charge < -0.3 is 11.5 Å². The molecule has 1 aromatic heterocycles. The number of aromatic nitrogens is 1. The summed E-state index contributed by atoms with van der Waals surface area (Å²) in [7, 11) is 0. The van der Waals surface area contributed by atoms with E-state index in [1.165, 1.54) is 19.3 Å². The third-order valence-electron chi connectivity index (χ3n) is 2.98. The zero-order valence-electron chi connectivity index (χ0n) is 9.70. The lowest BCUT2D eigenvalue weighted by Crippen LogP contribution is -2.63. The normalized spacial score (nSPS) is 14.9. The second kappa shape index (κ2) is 5.34. The summed E-state index contributed by atoms with van der Waals surface area (Å²) in [5.74, 6) is 0.523. The quantitative estimate of drug-likeness (QED) is 0.753. The van der Waals surface area contributed by atoms with Crippen LogP contribution in [-0.2, 0) is 0 Å². The first-order valence-corrected chi connectivity index (χ1v) is 6.17. The van der Waals surface area contributed by atoms with E-state index < -0.39 is 0 Å². The van der Waals surface area contributed by atoms with Gasteiger partial charge in [-0.15, -0.1) is 0 Å². The molecule has 0 amide bonds. The van der Waals surface area contributed by atoms with Gasteiger partial charge in [-0.25, -0.2) is 4.98 Å². The fraction of sp³-hybridized carbons (Fsp3) is 0.308. The summed E-state index contributed by atoms with van der Waals surface area (Å²) < 4.78 is 0. The second-order valence-electron chi connectivity index (χ2n) is 4.36. The number of hydrogen-bond acceptors (Lipinski definition) is 2. The van der Waals surface area contributed by atoms with Crippen molar-refractivity contribution in [1.82, 2.24) is 4.98 Å². The lowest BCUT2D eigenvalue weighted by molar-refractivity contribution is -0.437. The van der Waals surface area contributed by atoms with E-state index in [4.69, 9.17) is 17.3 Å². The maximum absolute atomic E-state index is 5.81. The van der Waals surface area contributed by atoms with E-state index in [1.807, 2.05) is 24.3 Å². The zero-order chi connectivity index (χ0) is 12.3. The lowest BCUT2D eigenvalue weighted by atomic mass is 9.95. The molecule has 5 N–H and O–H groups in total. The highest BCUT2D eigenvalue weighted by molar-refractivity contribution is 6.31.